The second kappa shape index (κ2) is 15.0. The molecule has 3 aromatic carbocycles. The van der Waals surface area contributed by atoms with Crippen molar-refractivity contribution in [2.75, 3.05) is 6.79 Å². The summed E-state index contributed by atoms with van der Waals surface area (Å²) in [7, 11) is 0. The van der Waals surface area contributed by atoms with Gasteiger partial charge in [-0.3, -0.25) is 24.0 Å². The molecular formula is C34H38N4O7. The van der Waals surface area contributed by atoms with E-state index in [0.29, 0.717) is 22.6 Å². The van der Waals surface area contributed by atoms with E-state index in [-0.39, 0.29) is 19.8 Å². The van der Waals surface area contributed by atoms with Crippen LogP contribution in [0, 0.1) is 12.8 Å². The molecule has 0 radical (unpaired) electrons. The van der Waals surface area contributed by atoms with E-state index in [1.165, 1.54) is 6.92 Å². The highest BCUT2D eigenvalue weighted by Crippen LogP contribution is 2.32. The monoisotopic (exact) mass is 614 g/mol. The van der Waals surface area contributed by atoms with Crippen molar-refractivity contribution in [3.63, 3.8) is 0 Å². The normalized spacial score (nSPS) is 13.7. The lowest BCUT2D eigenvalue weighted by Crippen LogP contribution is -2.57. The molecule has 0 spiro atoms. The molecule has 1 aliphatic rings. The predicted molar refractivity (Wildman–Crippen MR) is 166 cm³/mol. The topological polar surface area (TPSA) is 152 Å². The lowest BCUT2D eigenvalue weighted by atomic mass is 9.98. The third-order valence-corrected chi connectivity index (χ3v) is 7.41. The second-order valence-electron chi connectivity index (χ2n) is 11.2. The molecule has 0 saturated carbocycles. The number of amides is 4. The number of ketones is 1. The summed E-state index contributed by atoms with van der Waals surface area (Å²) >= 11 is 0. The highest BCUT2D eigenvalue weighted by molar-refractivity contribution is 6.38. The first-order valence-electron chi connectivity index (χ1n) is 14.7. The van der Waals surface area contributed by atoms with E-state index >= 15 is 0 Å². The van der Waals surface area contributed by atoms with Crippen LogP contribution in [0.2, 0.25) is 0 Å². The third-order valence-electron chi connectivity index (χ3n) is 7.41. The van der Waals surface area contributed by atoms with Crippen molar-refractivity contribution < 1.29 is 33.4 Å². The van der Waals surface area contributed by atoms with E-state index in [1.807, 2.05) is 36.4 Å². The quantitative estimate of drug-likeness (QED) is 0.216. The molecule has 4 rings (SSSR count). The Bertz CT molecular complexity index is 1560. The predicted octanol–water partition coefficient (Wildman–Crippen LogP) is 2.60. The SMILES string of the molecule is Cc1ccccc1C(=O)NC(Cc1ccccc1)C(=O)NC(C)C(=O)NC(C(=O)C(=O)NCc1ccc2c(c1)OCO2)C(C)C. The van der Waals surface area contributed by atoms with E-state index in [4.69, 9.17) is 9.47 Å². The number of rotatable bonds is 13. The van der Waals surface area contributed by atoms with E-state index in [9.17, 15) is 24.0 Å². The standard InChI is InChI=1S/C34H38N4O7/c1-20(2)29(30(39)34(43)35-18-24-14-15-27-28(17-24)45-19-44-27)38-31(40)22(4)36-33(42)26(16-23-11-6-5-7-12-23)37-32(41)25-13-9-8-10-21(25)3/h5-15,17,20,22,26,29H,16,18-19H2,1-4H3,(H,35,43)(H,36,42)(H,37,41)(H,38,40). The molecule has 11 heteroatoms. The van der Waals surface area contributed by atoms with Gasteiger partial charge in [-0.2, -0.15) is 0 Å². The number of nitrogens with one attached hydrogen (secondary N) is 4. The fourth-order valence-electron chi connectivity index (χ4n) is 4.78. The average Bonchev–Trinajstić information content (AvgIpc) is 3.50. The molecule has 45 heavy (non-hydrogen) atoms. The Morgan fingerprint density at radius 2 is 1.44 bits per heavy atom. The van der Waals surface area contributed by atoms with Crippen molar-refractivity contribution in [1.82, 2.24) is 21.3 Å². The van der Waals surface area contributed by atoms with Crippen LogP contribution in [0.1, 0.15) is 47.8 Å². The molecule has 11 nitrogen and oxygen atoms in total. The molecule has 0 aliphatic carbocycles. The van der Waals surface area contributed by atoms with Gasteiger partial charge in [0.2, 0.25) is 24.4 Å². The number of hydrogen-bond acceptors (Lipinski definition) is 7. The number of fused-ring (bicyclic) bond motifs is 1. The Morgan fingerprint density at radius 1 is 0.756 bits per heavy atom. The number of carbonyl (C=O) groups excluding carboxylic acids is 5. The van der Waals surface area contributed by atoms with Gasteiger partial charge in [0.15, 0.2) is 11.5 Å². The van der Waals surface area contributed by atoms with Gasteiger partial charge < -0.3 is 30.7 Å². The number of hydrogen-bond donors (Lipinski definition) is 4. The number of carbonyl (C=O) groups is 5. The van der Waals surface area contributed by atoms with Crippen LogP contribution in [0.3, 0.4) is 0 Å². The summed E-state index contributed by atoms with van der Waals surface area (Å²) in [5.74, 6) is -2.57. The van der Waals surface area contributed by atoms with Crippen molar-refractivity contribution in [1.29, 1.82) is 0 Å². The smallest absolute Gasteiger partial charge is 0.289 e. The minimum Gasteiger partial charge on any atom is -0.454 e. The van der Waals surface area contributed by atoms with Crippen molar-refractivity contribution in [3.05, 3.63) is 95.1 Å². The van der Waals surface area contributed by atoms with Gasteiger partial charge in [-0.05, 0) is 54.7 Å². The zero-order valence-corrected chi connectivity index (χ0v) is 25.7. The fraction of sp³-hybridized carbons (Fsp3) is 0.324. The first-order valence-corrected chi connectivity index (χ1v) is 14.7. The molecule has 1 aliphatic heterocycles. The molecule has 0 saturated heterocycles. The molecule has 0 aromatic heterocycles. The lowest BCUT2D eigenvalue weighted by molar-refractivity contribution is -0.141. The van der Waals surface area contributed by atoms with E-state index < -0.39 is 53.5 Å². The summed E-state index contributed by atoms with van der Waals surface area (Å²) in [6.45, 7) is 6.87. The number of ether oxygens (including phenoxy) is 2. The Morgan fingerprint density at radius 3 is 2.16 bits per heavy atom. The third kappa shape index (κ3) is 8.69. The number of Topliss-reactive ketones (excluding diaryl/α,β-unsaturated/α-hetero) is 1. The molecule has 1 heterocycles. The highest BCUT2D eigenvalue weighted by Gasteiger charge is 2.32. The summed E-state index contributed by atoms with van der Waals surface area (Å²) in [6.07, 6.45) is 0.190. The summed E-state index contributed by atoms with van der Waals surface area (Å²) in [6, 6.07) is 18.2. The minimum absolute atomic E-state index is 0.0729. The highest BCUT2D eigenvalue weighted by atomic mass is 16.7. The molecule has 0 fully saturated rings. The number of aryl methyl sites for hydroxylation is 1. The van der Waals surface area contributed by atoms with Crippen LogP contribution in [0.25, 0.3) is 0 Å². The van der Waals surface area contributed by atoms with Gasteiger partial charge in [-0.1, -0.05) is 68.4 Å². The van der Waals surface area contributed by atoms with Crippen LogP contribution in [0.15, 0.2) is 72.8 Å². The van der Waals surface area contributed by atoms with E-state index in [1.54, 1.807) is 57.2 Å². The van der Waals surface area contributed by atoms with Gasteiger partial charge in [0.1, 0.15) is 12.1 Å². The zero-order valence-electron chi connectivity index (χ0n) is 25.7. The average molecular weight is 615 g/mol. The van der Waals surface area contributed by atoms with Crippen LogP contribution in [0.5, 0.6) is 11.5 Å². The van der Waals surface area contributed by atoms with Crippen LogP contribution in [-0.2, 0) is 32.1 Å². The summed E-state index contributed by atoms with van der Waals surface area (Å²) in [5, 5.41) is 10.6. The van der Waals surface area contributed by atoms with Gasteiger partial charge in [-0.25, -0.2) is 0 Å². The molecular weight excluding hydrogens is 576 g/mol. The molecule has 4 N–H and O–H groups in total. The Hall–Kier alpha value is -5.19. The fourth-order valence-corrected chi connectivity index (χ4v) is 4.78. The van der Waals surface area contributed by atoms with Crippen LogP contribution in [-0.4, -0.2) is 54.3 Å². The first-order chi connectivity index (χ1) is 21.5. The molecule has 3 aromatic rings. The minimum atomic E-state index is -1.13. The van der Waals surface area contributed by atoms with Gasteiger partial charge >= 0.3 is 0 Å². The molecule has 3 atom stereocenters. The van der Waals surface area contributed by atoms with Crippen LogP contribution >= 0.6 is 0 Å². The Balaban J connectivity index is 1.37. The summed E-state index contributed by atoms with van der Waals surface area (Å²) in [5.41, 5.74) is 2.72. The number of benzene rings is 3. The molecule has 4 amide bonds. The zero-order chi connectivity index (χ0) is 32.5. The maximum atomic E-state index is 13.4. The van der Waals surface area contributed by atoms with Crippen molar-refractivity contribution in [2.45, 2.75) is 58.8 Å². The van der Waals surface area contributed by atoms with Crippen molar-refractivity contribution in [3.8, 4) is 11.5 Å². The Kier molecular flexibility index (Phi) is 10.9. The van der Waals surface area contributed by atoms with Crippen molar-refractivity contribution >= 4 is 29.4 Å². The van der Waals surface area contributed by atoms with Gasteiger partial charge in [0.05, 0.1) is 6.04 Å². The largest absolute Gasteiger partial charge is 0.454 e. The van der Waals surface area contributed by atoms with Gasteiger partial charge in [0.25, 0.3) is 11.8 Å². The molecule has 0 bridgehead atoms. The van der Waals surface area contributed by atoms with Crippen LogP contribution in [0.4, 0.5) is 0 Å². The lowest BCUT2D eigenvalue weighted by Gasteiger charge is -2.25. The summed E-state index contributed by atoms with van der Waals surface area (Å²) < 4.78 is 10.6. The molecule has 3 unspecified atom stereocenters. The molecule has 236 valence electrons. The van der Waals surface area contributed by atoms with Crippen LogP contribution < -0.4 is 30.7 Å². The van der Waals surface area contributed by atoms with Crippen molar-refractivity contribution in [2.24, 2.45) is 5.92 Å². The van der Waals surface area contributed by atoms with E-state index in [2.05, 4.69) is 21.3 Å². The van der Waals surface area contributed by atoms with Gasteiger partial charge in [-0.15, -0.1) is 0 Å². The van der Waals surface area contributed by atoms with Gasteiger partial charge in [0, 0.05) is 18.5 Å². The summed E-state index contributed by atoms with van der Waals surface area (Å²) in [4.78, 5) is 65.5. The first kappa shape index (κ1) is 32.7. The van der Waals surface area contributed by atoms with E-state index in [0.717, 1.165) is 11.1 Å². The maximum absolute atomic E-state index is 13.4. The maximum Gasteiger partial charge on any atom is 0.289 e. The Labute approximate surface area is 262 Å². The second-order valence-corrected chi connectivity index (χ2v) is 11.2.